The summed E-state index contributed by atoms with van der Waals surface area (Å²) in [7, 11) is 6.12. The highest BCUT2D eigenvalue weighted by atomic mass is 16.4. The third-order valence-corrected chi connectivity index (χ3v) is 5.73. The molecule has 1 aliphatic carbocycles. The normalized spacial score (nSPS) is 31.9. The molecule has 21 heavy (non-hydrogen) atoms. The van der Waals surface area contributed by atoms with Gasteiger partial charge in [-0.05, 0) is 78.8 Å². The first kappa shape index (κ1) is 16.7. The number of aliphatic carboxylic acids is 1. The molecule has 0 spiro atoms. The minimum absolute atomic E-state index is 0.270. The largest absolute Gasteiger partial charge is 0.480 e. The van der Waals surface area contributed by atoms with Gasteiger partial charge in [-0.15, -0.1) is 0 Å². The molecule has 0 aromatic carbocycles. The zero-order valence-corrected chi connectivity index (χ0v) is 13.8. The van der Waals surface area contributed by atoms with Crippen LogP contribution in [0.5, 0.6) is 0 Å². The standard InChI is InChI=1S/C16H31N3O2/c1-17-16(15(20)21)9-4-5-13(16)6-10-19-11-7-14(8-12-19)18(2)3/h13-14,17H,4-12H2,1-3H3,(H,20,21). The Bertz CT molecular complexity index is 353. The summed E-state index contributed by atoms with van der Waals surface area (Å²) in [6, 6.07) is 0.711. The summed E-state index contributed by atoms with van der Waals surface area (Å²) in [5.74, 6) is -0.398. The number of hydrogen-bond acceptors (Lipinski definition) is 4. The number of carboxylic acid groups (broad SMARTS) is 1. The van der Waals surface area contributed by atoms with E-state index < -0.39 is 11.5 Å². The molecule has 1 heterocycles. The van der Waals surface area contributed by atoms with Crippen molar-refractivity contribution in [1.82, 2.24) is 15.1 Å². The van der Waals surface area contributed by atoms with Crippen LogP contribution in [0.25, 0.3) is 0 Å². The molecule has 2 N–H and O–H groups in total. The van der Waals surface area contributed by atoms with Crippen molar-refractivity contribution >= 4 is 5.97 Å². The van der Waals surface area contributed by atoms with Crippen LogP contribution in [0.2, 0.25) is 0 Å². The van der Waals surface area contributed by atoms with Crippen LogP contribution < -0.4 is 5.32 Å². The first-order valence-corrected chi connectivity index (χ1v) is 8.30. The van der Waals surface area contributed by atoms with Gasteiger partial charge >= 0.3 is 5.97 Å². The summed E-state index contributed by atoms with van der Waals surface area (Å²) in [5.41, 5.74) is -0.679. The van der Waals surface area contributed by atoms with Gasteiger partial charge in [0.1, 0.15) is 5.54 Å². The van der Waals surface area contributed by atoms with Crippen molar-refractivity contribution in [2.75, 3.05) is 40.8 Å². The number of hydrogen-bond donors (Lipinski definition) is 2. The Morgan fingerprint density at radius 1 is 1.33 bits per heavy atom. The minimum atomic E-state index is -0.679. The Kier molecular flexibility index (Phi) is 5.63. The highest BCUT2D eigenvalue weighted by Gasteiger charge is 2.47. The van der Waals surface area contributed by atoms with Gasteiger partial charge in [0, 0.05) is 6.04 Å². The van der Waals surface area contributed by atoms with Gasteiger partial charge in [0.2, 0.25) is 0 Å². The second-order valence-electron chi connectivity index (χ2n) is 6.94. The van der Waals surface area contributed by atoms with Gasteiger partial charge in [0.15, 0.2) is 0 Å². The van der Waals surface area contributed by atoms with Gasteiger partial charge in [-0.1, -0.05) is 6.42 Å². The molecule has 0 aromatic rings. The van der Waals surface area contributed by atoms with E-state index >= 15 is 0 Å². The molecular formula is C16H31N3O2. The molecule has 2 fully saturated rings. The van der Waals surface area contributed by atoms with E-state index in [0.29, 0.717) is 6.04 Å². The number of rotatable bonds is 6. The van der Waals surface area contributed by atoms with Crippen molar-refractivity contribution in [1.29, 1.82) is 0 Å². The van der Waals surface area contributed by atoms with Crippen LogP contribution in [-0.2, 0) is 4.79 Å². The maximum atomic E-state index is 11.7. The van der Waals surface area contributed by atoms with Crippen molar-refractivity contribution in [3.63, 3.8) is 0 Å². The molecule has 2 atom stereocenters. The summed E-state index contributed by atoms with van der Waals surface area (Å²) in [5, 5.41) is 12.7. The zero-order chi connectivity index (χ0) is 15.5. The van der Waals surface area contributed by atoms with Crippen molar-refractivity contribution in [3.8, 4) is 0 Å². The number of nitrogens with one attached hydrogen (secondary N) is 1. The second kappa shape index (κ2) is 7.07. The lowest BCUT2D eigenvalue weighted by Crippen LogP contribution is -2.54. The maximum absolute atomic E-state index is 11.7. The number of piperidine rings is 1. The molecule has 0 radical (unpaired) electrons. The molecule has 0 amide bonds. The summed E-state index contributed by atoms with van der Waals surface area (Å²) < 4.78 is 0. The van der Waals surface area contributed by atoms with Crippen molar-refractivity contribution in [2.24, 2.45) is 5.92 Å². The van der Waals surface area contributed by atoms with E-state index in [-0.39, 0.29) is 5.92 Å². The van der Waals surface area contributed by atoms with E-state index in [0.717, 1.165) is 45.3 Å². The molecule has 122 valence electrons. The number of carboxylic acids is 1. The van der Waals surface area contributed by atoms with Crippen molar-refractivity contribution < 1.29 is 9.90 Å². The van der Waals surface area contributed by atoms with Gasteiger partial charge in [0.25, 0.3) is 0 Å². The Morgan fingerprint density at radius 2 is 2.00 bits per heavy atom. The van der Waals surface area contributed by atoms with E-state index in [2.05, 4.69) is 29.2 Å². The first-order chi connectivity index (χ1) is 9.99. The molecule has 0 aromatic heterocycles. The molecule has 1 saturated heterocycles. The van der Waals surface area contributed by atoms with E-state index in [9.17, 15) is 9.90 Å². The number of likely N-dealkylation sites (tertiary alicyclic amines) is 1. The zero-order valence-electron chi connectivity index (χ0n) is 13.8. The predicted octanol–water partition coefficient (Wildman–Crippen LogP) is 1.25. The SMILES string of the molecule is CNC1(C(=O)O)CCCC1CCN1CCC(N(C)C)CC1. The van der Waals surface area contributed by atoms with Gasteiger partial charge in [-0.25, -0.2) is 0 Å². The summed E-state index contributed by atoms with van der Waals surface area (Å²) in [6.07, 6.45) is 6.30. The lowest BCUT2D eigenvalue weighted by atomic mass is 9.84. The Morgan fingerprint density at radius 3 is 2.52 bits per heavy atom. The highest BCUT2D eigenvalue weighted by molar-refractivity contribution is 5.79. The van der Waals surface area contributed by atoms with Crippen LogP contribution in [0.1, 0.15) is 38.5 Å². The van der Waals surface area contributed by atoms with E-state index in [1.54, 1.807) is 7.05 Å². The molecule has 2 aliphatic rings. The number of carbonyl (C=O) groups is 1. The van der Waals surface area contributed by atoms with Crippen LogP contribution in [-0.4, -0.2) is 73.2 Å². The third kappa shape index (κ3) is 3.58. The van der Waals surface area contributed by atoms with Crippen LogP contribution in [0.15, 0.2) is 0 Å². The molecule has 5 heteroatoms. The van der Waals surface area contributed by atoms with Gasteiger partial charge in [-0.2, -0.15) is 0 Å². The van der Waals surface area contributed by atoms with Gasteiger partial charge < -0.3 is 20.2 Å². The lowest BCUT2D eigenvalue weighted by Gasteiger charge is -2.37. The number of nitrogens with zero attached hydrogens (tertiary/aromatic N) is 2. The Hall–Kier alpha value is -0.650. The molecular weight excluding hydrogens is 266 g/mol. The van der Waals surface area contributed by atoms with Crippen molar-refractivity contribution in [3.05, 3.63) is 0 Å². The molecule has 5 nitrogen and oxygen atoms in total. The topological polar surface area (TPSA) is 55.8 Å². The third-order valence-electron chi connectivity index (χ3n) is 5.73. The Labute approximate surface area is 128 Å². The minimum Gasteiger partial charge on any atom is -0.480 e. The van der Waals surface area contributed by atoms with E-state index in [1.165, 1.54) is 12.8 Å². The Balaban J connectivity index is 1.82. The quantitative estimate of drug-likeness (QED) is 0.773. The first-order valence-electron chi connectivity index (χ1n) is 8.30. The van der Waals surface area contributed by atoms with Crippen LogP contribution in [0.4, 0.5) is 0 Å². The maximum Gasteiger partial charge on any atom is 0.324 e. The molecule has 1 saturated carbocycles. The van der Waals surface area contributed by atoms with Gasteiger partial charge in [-0.3, -0.25) is 4.79 Å². The molecule has 1 aliphatic heterocycles. The lowest BCUT2D eigenvalue weighted by molar-refractivity contribution is -0.146. The molecule has 0 bridgehead atoms. The van der Waals surface area contributed by atoms with Crippen LogP contribution >= 0.6 is 0 Å². The fourth-order valence-corrected chi connectivity index (χ4v) is 4.18. The van der Waals surface area contributed by atoms with E-state index in [4.69, 9.17) is 0 Å². The smallest absolute Gasteiger partial charge is 0.324 e. The van der Waals surface area contributed by atoms with Crippen LogP contribution in [0, 0.1) is 5.92 Å². The summed E-state index contributed by atoms with van der Waals surface area (Å²) in [6.45, 7) is 3.34. The molecule has 2 rings (SSSR count). The highest BCUT2D eigenvalue weighted by Crippen LogP contribution is 2.38. The van der Waals surface area contributed by atoms with Crippen LogP contribution in [0.3, 0.4) is 0 Å². The number of likely N-dealkylation sites (N-methyl/N-ethyl adjacent to an activating group) is 1. The summed E-state index contributed by atoms with van der Waals surface area (Å²) in [4.78, 5) is 16.5. The average molecular weight is 297 g/mol. The monoisotopic (exact) mass is 297 g/mol. The predicted molar refractivity (Wildman–Crippen MR) is 84.5 cm³/mol. The fraction of sp³-hybridized carbons (Fsp3) is 0.938. The fourth-order valence-electron chi connectivity index (χ4n) is 4.18. The van der Waals surface area contributed by atoms with Gasteiger partial charge in [0.05, 0.1) is 0 Å². The average Bonchev–Trinajstić information content (AvgIpc) is 2.89. The van der Waals surface area contributed by atoms with E-state index in [1.807, 2.05) is 0 Å². The summed E-state index contributed by atoms with van der Waals surface area (Å²) >= 11 is 0. The van der Waals surface area contributed by atoms with Crippen molar-refractivity contribution in [2.45, 2.75) is 50.1 Å². The molecule has 2 unspecified atom stereocenters. The second-order valence-corrected chi connectivity index (χ2v) is 6.94.